The van der Waals surface area contributed by atoms with E-state index in [1.54, 1.807) is 4.98 Å². The van der Waals surface area contributed by atoms with Crippen LogP contribution >= 0.6 is 0 Å². The molecule has 4 atom stereocenters. The molecule has 2 heterocycles. The van der Waals surface area contributed by atoms with Crippen LogP contribution in [-0.2, 0) is 33.3 Å². The van der Waals surface area contributed by atoms with Crippen molar-refractivity contribution in [3.63, 3.8) is 0 Å². The van der Waals surface area contributed by atoms with Gasteiger partial charge >= 0.3 is 23.6 Å². The second-order valence-corrected chi connectivity index (χ2v) is 5.66. The van der Waals surface area contributed by atoms with Crippen molar-refractivity contribution in [2.75, 3.05) is 6.61 Å². The van der Waals surface area contributed by atoms with Crippen molar-refractivity contribution < 1.29 is 37.7 Å². The highest BCUT2D eigenvalue weighted by molar-refractivity contribution is 5.67. The molecule has 1 aliphatic rings. The van der Waals surface area contributed by atoms with E-state index in [9.17, 15) is 28.4 Å². The maximum atomic E-state index is 13.6. The van der Waals surface area contributed by atoms with E-state index in [2.05, 4.69) is 0 Å². The number of aromatic nitrogens is 2. The van der Waals surface area contributed by atoms with Crippen LogP contribution in [-0.4, -0.2) is 52.4 Å². The Labute approximate surface area is 151 Å². The number of rotatable bonds is 5. The van der Waals surface area contributed by atoms with Crippen molar-refractivity contribution in [2.24, 2.45) is 0 Å². The van der Waals surface area contributed by atoms with Crippen LogP contribution in [0.5, 0.6) is 0 Å². The fourth-order valence-corrected chi connectivity index (χ4v) is 2.57. The van der Waals surface area contributed by atoms with Crippen LogP contribution in [0, 0.1) is 5.82 Å². The topological polar surface area (TPSA) is 143 Å². The average molecular weight is 388 g/mol. The predicted octanol–water partition coefficient (Wildman–Crippen LogP) is -1.00. The van der Waals surface area contributed by atoms with Gasteiger partial charge in [0.2, 0.25) is 5.82 Å². The zero-order valence-electron chi connectivity index (χ0n) is 14.6. The van der Waals surface area contributed by atoms with Crippen LogP contribution in [0.4, 0.5) is 4.39 Å². The summed E-state index contributed by atoms with van der Waals surface area (Å²) in [5.41, 5.74) is -2.29. The number of carbonyl (C=O) groups excluding carboxylic acids is 3. The summed E-state index contributed by atoms with van der Waals surface area (Å²) in [6, 6.07) is 0. The molecule has 1 N–H and O–H groups in total. The van der Waals surface area contributed by atoms with E-state index < -0.39 is 59.5 Å². The second-order valence-electron chi connectivity index (χ2n) is 5.66. The van der Waals surface area contributed by atoms with E-state index in [0.29, 0.717) is 10.8 Å². The zero-order valence-corrected chi connectivity index (χ0v) is 14.6. The average Bonchev–Trinajstić information content (AvgIpc) is 2.85. The zero-order chi connectivity index (χ0) is 20.3. The molecule has 2 rings (SSSR count). The molecule has 0 spiro atoms. The maximum Gasteiger partial charge on any atom is 0.330 e. The van der Waals surface area contributed by atoms with E-state index in [4.69, 9.17) is 18.9 Å². The summed E-state index contributed by atoms with van der Waals surface area (Å²) in [5.74, 6) is -3.49. The van der Waals surface area contributed by atoms with Gasteiger partial charge in [0, 0.05) is 20.8 Å². The van der Waals surface area contributed by atoms with Crippen LogP contribution in [0.15, 0.2) is 15.8 Å². The van der Waals surface area contributed by atoms with Gasteiger partial charge in [-0.05, 0) is 0 Å². The van der Waals surface area contributed by atoms with Gasteiger partial charge < -0.3 is 18.9 Å². The summed E-state index contributed by atoms with van der Waals surface area (Å²) in [7, 11) is 0. The van der Waals surface area contributed by atoms with Gasteiger partial charge in [0.1, 0.15) is 12.7 Å². The molecule has 0 radical (unpaired) electrons. The summed E-state index contributed by atoms with van der Waals surface area (Å²) < 4.78 is 34.9. The Bertz CT molecular complexity index is 862. The SMILES string of the molecule is CC(=O)OC[C@@H]1O[C@H](n2cc(F)c(=O)[nH]c2=O)[C@@H](OC(C)=O)[C@@H]1OC(C)=O. The van der Waals surface area contributed by atoms with Crippen molar-refractivity contribution in [1.82, 2.24) is 9.55 Å². The van der Waals surface area contributed by atoms with Crippen LogP contribution in [0.3, 0.4) is 0 Å². The molecule has 1 aromatic heterocycles. The lowest BCUT2D eigenvalue weighted by Gasteiger charge is -2.23. The first-order valence-electron chi connectivity index (χ1n) is 7.74. The number of nitrogens with zero attached hydrogens (tertiary/aromatic N) is 1. The van der Waals surface area contributed by atoms with Gasteiger partial charge in [-0.15, -0.1) is 0 Å². The summed E-state index contributed by atoms with van der Waals surface area (Å²) >= 11 is 0. The van der Waals surface area contributed by atoms with Gasteiger partial charge in [-0.2, -0.15) is 4.39 Å². The summed E-state index contributed by atoms with van der Waals surface area (Å²) in [6.45, 7) is 2.91. The van der Waals surface area contributed by atoms with Crippen LogP contribution < -0.4 is 11.2 Å². The Morgan fingerprint density at radius 2 is 1.70 bits per heavy atom. The minimum absolute atomic E-state index is 0.387. The molecule has 11 nitrogen and oxygen atoms in total. The van der Waals surface area contributed by atoms with Gasteiger partial charge in [-0.1, -0.05) is 0 Å². The molecule has 0 unspecified atom stereocenters. The molecule has 12 heteroatoms. The molecule has 1 aliphatic heterocycles. The van der Waals surface area contributed by atoms with Crippen molar-refractivity contribution >= 4 is 17.9 Å². The quantitative estimate of drug-likeness (QED) is 0.496. The number of H-pyrrole nitrogens is 1. The van der Waals surface area contributed by atoms with Crippen LogP contribution in [0.2, 0.25) is 0 Å². The summed E-state index contributed by atoms with van der Waals surface area (Å²) in [4.78, 5) is 58.9. The number of carbonyl (C=O) groups is 3. The van der Waals surface area contributed by atoms with Gasteiger partial charge in [0.25, 0.3) is 5.56 Å². The number of nitrogens with one attached hydrogen (secondary N) is 1. The van der Waals surface area contributed by atoms with Crippen molar-refractivity contribution in [3.05, 3.63) is 32.9 Å². The minimum atomic E-state index is -1.45. The predicted molar refractivity (Wildman–Crippen MR) is 82.9 cm³/mol. The molecule has 0 bridgehead atoms. The number of hydrogen-bond donors (Lipinski definition) is 1. The second kappa shape index (κ2) is 8.12. The van der Waals surface area contributed by atoms with Crippen molar-refractivity contribution in [3.8, 4) is 0 Å². The number of aromatic amines is 1. The lowest BCUT2D eigenvalue weighted by molar-refractivity contribution is -0.166. The molecule has 148 valence electrons. The summed E-state index contributed by atoms with van der Waals surface area (Å²) in [5, 5.41) is 0. The molecule has 0 amide bonds. The molecule has 27 heavy (non-hydrogen) atoms. The normalized spacial score (nSPS) is 24.3. The smallest absolute Gasteiger partial charge is 0.330 e. The monoisotopic (exact) mass is 388 g/mol. The van der Waals surface area contributed by atoms with Crippen LogP contribution in [0.1, 0.15) is 27.0 Å². The molecular weight excluding hydrogens is 371 g/mol. The Hall–Kier alpha value is -3.02. The fraction of sp³-hybridized carbons (Fsp3) is 0.533. The maximum absolute atomic E-state index is 13.6. The van der Waals surface area contributed by atoms with Crippen molar-refractivity contribution in [1.29, 1.82) is 0 Å². The molecule has 1 saturated heterocycles. The number of hydrogen-bond acceptors (Lipinski definition) is 9. The fourth-order valence-electron chi connectivity index (χ4n) is 2.57. The summed E-state index contributed by atoms with van der Waals surface area (Å²) in [6.07, 6.45) is -4.61. The Balaban J connectivity index is 2.47. The minimum Gasteiger partial charge on any atom is -0.463 e. The van der Waals surface area contributed by atoms with E-state index >= 15 is 0 Å². The Kier molecular flexibility index (Phi) is 6.10. The van der Waals surface area contributed by atoms with Crippen molar-refractivity contribution in [2.45, 2.75) is 45.3 Å². The first-order valence-corrected chi connectivity index (χ1v) is 7.74. The number of esters is 3. The standard InChI is InChI=1S/C15H17FN2O9/c1-6(19)24-5-10-11(25-7(2)20)12(26-8(3)21)14(27-10)18-4-9(16)13(22)17-15(18)23/h4,10-12,14H,5H2,1-3H3,(H,17,22,23)/t10-,11+,12-,14-/m0/s1. The molecule has 1 aromatic rings. The Morgan fingerprint density at radius 1 is 1.11 bits per heavy atom. The molecule has 0 aromatic carbocycles. The third kappa shape index (κ3) is 4.78. The number of halogens is 1. The molecule has 1 fully saturated rings. The van der Waals surface area contributed by atoms with E-state index in [1.165, 1.54) is 0 Å². The third-order valence-corrected chi connectivity index (χ3v) is 3.54. The first-order chi connectivity index (χ1) is 12.6. The first kappa shape index (κ1) is 20.3. The van der Waals surface area contributed by atoms with Crippen LogP contribution in [0.25, 0.3) is 0 Å². The highest BCUT2D eigenvalue weighted by Crippen LogP contribution is 2.33. The van der Waals surface area contributed by atoms with Gasteiger partial charge in [0.05, 0.1) is 6.20 Å². The van der Waals surface area contributed by atoms with Gasteiger partial charge in [-0.3, -0.25) is 28.7 Å². The number of ether oxygens (including phenoxy) is 4. The van der Waals surface area contributed by atoms with Gasteiger partial charge in [0.15, 0.2) is 18.4 Å². The molecule has 0 saturated carbocycles. The lowest BCUT2D eigenvalue weighted by Crippen LogP contribution is -2.42. The third-order valence-electron chi connectivity index (χ3n) is 3.54. The highest BCUT2D eigenvalue weighted by atomic mass is 19.1. The van der Waals surface area contributed by atoms with E-state index in [1.807, 2.05) is 0 Å². The molecular formula is C15H17FN2O9. The lowest BCUT2D eigenvalue weighted by atomic mass is 10.1. The van der Waals surface area contributed by atoms with Gasteiger partial charge in [-0.25, -0.2) is 4.79 Å². The van der Waals surface area contributed by atoms with E-state index in [-0.39, 0.29) is 6.61 Å². The highest BCUT2D eigenvalue weighted by Gasteiger charge is 2.51. The Morgan fingerprint density at radius 3 is 2.26 bits per heavy atom. The van der Waals surface area contributed by atoms with E-state index in [0.717, 1.165) is 20.8 Å². The largest absolute Gasteiger partial charge is 0.463 e. The molecule has 0 aliphatic carbocycles.